The highest BCUT2D eigenvalue weighted by Gasteiger charge is 2.21. The zero-order valence-electron chi connectivity index (χ0n) is 18.5. The Morgan fingerprint density at radius 1 is 1.00 bits per heavy atom. The molecule has 1 fully saturated rings. The lowest BCUT2D eigenvalue weighted by molar-refractivity contribution is 0.0453. The molecule has 1 heterocycles. The van der Waals surface area contributed by atoms with Crippen molar-refractivity contribution in [1.82, 2.24) is 10.2 Å². The molecule has 0 spiro atoms. The van der Waals surface area contributed by atoms with E-state index in [1.165, 1.54) is 11.6 Å². The third-order valence-electron chi connectivity index (χ3n) is 5.27. The molecule has 0 saturated carbocycles. The van der Waals surface area contributed by atoms with E-state index >= 15 is 0 Å². The van der Waals surface area contributed by atoms with Crippen molar-refractivity contribution in [2.24, 2.45) is 4.99 Å². The Labute approximate surface area is 184 Å². The molecule has 2 aromatic carbocycles. The van der Waals surface area contributed by atoms with Gasteiger partial charge >= 0.3 is 0 Å². The summed E-state index contributed by atoms with van der Waals surface area (Å²) in [5.74, 6) is 0.701. The second-order valence-electron chi connectivity index (χ2n) is 7.40. The lowest BCUT2D eigenvalue weighted by atomic mass is 10.1. The van der Waals surface area contributed by atoms with Gasteiger partial charge in [-0.3, -0.25) is 4.99 Å². The van der Waals surface area contributed by atoms with E-state index in [0.717, 1.165) is 37.7 Å². The van der Waals surface area contributed by atoms with Crippen LogP contribution in [0, 0.1) is 5.82 Å². The van der Waals surface area contributed by atoms with E-state index in [-0.39, 0.29) is 5.82 Å². The van der Waals surface area contributed by atoms with Gasteiger partial charge in [-0.15, -0.1) is 0 Å². The Kier molecular flexibility index (Phi) is 9.12. The van der Waals surface area contributed by atoms with Gasteiger partial charge in [-0.05, 0) is 30.2 Å². The van der Waals surface area contributed by atoms with Crippen molar-refractivity contribution in [2.45, 2.75) is 20.1 Å². The maximum absolute atomic E-state index is 14.1. The molecule has 1 aliphatic rings. The molecule has 1 aliphatic heterocycles. The number of aliphatic imine (C=N–C) groups is 1. The average Bonchev–Trinajstić information content (AvgIpc) is 2.80. The van der Waals surface area contributed by atoms with E-state index < -0.39 is 0 Å². The van der Waals surface area contributed by atoms with Crippen molar-refractivity contribution in [3.8, 4) is 0 Å². The number of halogens is 1. The Morgan fingerprint density at radius 2 is 1.74 bits per heavy atom. The number of hydrogen-bond acceptors (Lipinski definition) is 4. The number of benzene rings is 2. The number of ether oxygens (including phenoxy) is 2. The molecule has 31 heavy (non-hydrogen) atoms. The molecule has 6 nitrogen and oxygen atoms in total. The average molecular weight is 429 g/mol. The van der Waals surface area contributed by atoms with Crippen LogP contribution in [0.5, 0.6) is 0 Å². The summed E-state index contributed by atoms with van der Waals surface area (Å²) in [6, 6.07) is 15.3. The van der Waals surface area contributed by atoms with Gasteiger partial charge in [0.1, 0.15) is 5.82 Å². The molecule has 3 rings (SSSR count). The first-order chi connectivity index (χ1) is 15.2. The van der Waals surface area contributed by atoms with Crippen LogP contribution in [-0.2, 0) is 22.6 Å². The quantitative estimate of drug-likeness (QED) is 0.377. The summed E-state index contributed by atoms with van der Waals surface area (Å²) in [5.41, 5.74) is 2.99. The minimum Gasteiger partial charge on any atom is -0.379 e. The Balaban J connectivity index is 1.47. The monoisotopic (exact) mass is 428 g/mol. The van der Waals surface area contributed by atoms with E-state index in [1.54, 1.807) is 13.1 Å². The van der Waals surface area contributed by atoms with Crippen LogP contribution in [0.15, 0.2) is 53.5 Å². The van der Waals surface area contributed by atoms with Crippen LogP contribution >= 0.6 is 0 Å². The van der Waals surface area contributed by atoms with Crippen LogP contribution < -0.4 is 10.2 Å². The maximum atomic E-state index is 14.1. The summed E-state index contributed by atoms with van der Waals surface area (Å²) in [6.07, 6.45) is 0. The number of piperazine rings is 1. The minimum atomic E-state index is -0.166. The summed E-state index contributed by atoms with van der Waals surface area (Å²) in [7, 11) is 1.80. The second kappa shape index (κ2) is 12.3. The van der Waals surface area contributed by atoms with Gasteiger partial charge < -0.3 is 24.6 Å². The molecule has 0 amide bonds. The number of nitrogens with zero attached hydrogens (tertiary/aromatic N) is 3. The van der Waals surface area contributed by atoms with E-state index in [1.807, 2.05) is 25.1 Å². The normalized spacial score (nSPS) is 14.7. The highest BCUT2D eigenvalue weighted by Crippen LogP contribution is 2.20. The Hall–Kier alpha value is -2.64. The number of hydrogen-bond donors (Lipinski definition) is 1. The standard InChI is InChI=1S/C24H33FN4O2/c1-3-30-15-16-31-19-21-8-6-7-20(17-21)18-27-24(26-2)29-13-11-28(12-14-29)23-10-5-4-9-22(23)25/h4-10,17H,3,11-16,18-19H2,1-2H3,(H,26,27). The highest BCUT2D eigenvalue weighted by molar-refractivity contribution is 5.80. The summed E-state index contributed by atoms with van der Waals surface area (Å²) < 4.78 is 25.0. The third-order valence-corrected chi connectivity index (χ3v) is 5.27. The van der Waals surface area contributed by atoms with Crippen molar-refractivity contribution in [3.63, 3.8) is 0 Å². The van der Waals surface area contributed by atoms with Crippen molar-refractivity contribution < 1.29 is 13.9 Å². The Morgan fingerprint density at radius 3 is 2.48 bits per heavy atom. The predicted octanol–water partition coefficient (Wildman–Crippen LogP) is 3.28. The van der Waals surface area contributed by atoms with E-state index in [2.05, 4.69) is 38.3 Å². The van der Waals surface area contributed by atoms with Gasteiger partial charge in [0.15, 0.2) is 5.96 Å². The number of nitrogens with one attached hydrogen (secondary N) is 1. The van der Waals surface area contributed by atoms with Crippen LogP contribution in [0.3, 0.4) is 0 Å². The fraction of sp³-hybridized carbons (Fsp3) is 0.458. The molecule has 0 aromatic heterocycles. The predicted molar refractivity (Wildman–Crippen MR) is 123 cm³/mol. The molecule has 0 unspecified atom stereocenters. The van der Waals surface area contributed by atoms with Crippen molar-refractivity contribution in [3.05, 3.63) is 65.5 Å². The topological polar surface area (TPSA) is 49.3 Å². The number of anilines is 1. The van der Waals surface area contributed by atoms with Crippen LogP contribution in [0.25, 0.3) is 0 Å². The summed E-state index contributed by atoms with van der Waals surface area (Å²) in [4.78, 5) is 8.75. The van der Waals surface area contributed by atoms with Crippen molar-refractivity contribution >= 4 is 11.6 Å². The molecule has 0 atom stereocenters. The van der Waals surface area contributed by atoms with Gasteiger partial charge in [-0.25, -0.2) is 4.39 Å². The minimum absolute atomic E-state index is 0.166. The van der Waals surface area contributed by atoms with Crippen LogP contribution in [0.2, 0.25) is 0 Å². The first-order valence-electron chi connectivity index (χ1n) is 10.9. The van der Waals surface area contributed by atoms with Crippen molar-refractivity contribution in [2.75, 3.05) is 57.9 Å². The molecule has 1 N–H and O–H groups in total. The molecule has 0 aliphatic carbocycles. The van der Waals surface area contributed by atoms with E-state index in [9.17, 15) is 4.39 Å². The van der Waals surface area contributed by atoms with Gasteiger partial charge in [-0.2, -0.15) is 0 Å². The molecule has 1 saturated heterocycles. The molecule has 168 valence electrons. The largest absolute Gasteiger partial charge is 0.379 e. The van der Waals surface area contributed by atoms with E-state index in [4.69, 9.17) is 9.47 Å². The van der Waals surface area contributed by atoms with Gasteiger partial charge in [0.25, 0.3) is 0 Å². The Bertz CT molecular complexity index is 838. The number of rotatable bonds is 9. The molecule has 2 aromatic rings. The van der Waals surface area contributed by atoms with Gasteiger partial charge in [0, 0.05) is 46.4 Å². The first-order valence-corrected chi connectivity index (χ1v) is 10.9. The second-order valence-corrected chi connectivity index (χ2v) is 7.40. The van der Waals surface area contributed by atoms with Crippen LogP contribution in [0.4, 0.5) is 10.1 Å². The van der Waals surface area contributed by atoms with E-state index in [0.29, 0.717) is 38.7 Å². The van der Waals surface area contributed by atoms with Crippen LogP contribution in [0.1, 0.15) is 18.1 Å². The molecule has 0 bridgehead atoms. The lowest BCUT2D eigenvalue weighted by Gasteiger charge is -2.37. The fourth-order valence-corrected chi connectivity index (χ4v) is 3.66. The molecule has 7 heteroatoms. The SMILES string of the molecule is CCOCCOCc1cccc(CNC(=NC)N2CCN(c3ccccc3F)CC2)c1. The van der Waals surface area contributed by atoms with Crippen LogP contribution in [-0.4, -0.2) is 63.9 Å². The summed E-state index contributed by atoms with van der Waals surface area (Å²) >= 11 is 0. The fourth-order valence-electron chi connectivity index (χ4n) is 3.66. The number of guanidine groups is 1. The third kappa shape index (κ3) is 6.94. The smallest absolute Gasteiger partial charge is 0.194 e. The van der Waals surface area contributed by atoms with Gasteiger partial charge in [-0.1, -0.05) is 36.4 Å². The van der Waals surface area contributed by atoms with Crippen molar-refractivity contribution in [1.29, 1.82) is 0 Å². The molecular weight excluding hydrogens is 395 g/mol. The number of para-hydroxylation sites is 1. The maximum Gasteiger partial charge on any atom is 0.194 e. The lowest BCUT2D eigenvalue weighted by Crippen LogP contribution is -2.52. The van der Waals surface area contributed by atoms with Gasteiger partial charge in [0.2, 0.25) is 0 Å². The summed E-state index contributed by atoms with van der Waals surface area (Å²) in [5, 5.41) is 3.46. The zero-order chi connectivity index (χ0) is 21.9. The summed E-state index contributed by atoms with van der Waals surface area (Å²) in [6.45, 7) is 8.29. The zero-order valence-corrected chi connectivity index (χ0v) is 18.5. The highest BCUT2D eigenvalue weighted by atomic mass is 19.1. The first kappa shape index (κ1) is 23.0. The molecule has 0 radical (unpaired) electrons. The van der Waals surface area contributed by atoms with Gasteiger partial charge in [0.05, 0.1) is 25.5 Å². The molecular formula is C24H33FN4O2.